The van der Waals surface area contributed by atoms with E-state index in [0.29, 0.717) is 0 Å². The first-order chi connectivity index (χ1) is 5.36. The predicted octanol–water partition coefficient (Wildman–Crippen LogP) is -0.768. The van der Waals surface area contributed by atoms with Gasteiger partial charge >= 0.3 is 11.9 Å². The fourth-order valence-corrected chi connectivity index (χ4v) is 0.430. The van der Waals surface area contributed by atoms with E-state index in [1.807, 2.05) is 5.32 Å². The largest absolute Gasteiger partial charge is 0.477 e. The molecule has 0 aliphatic carbocycles. The van der Waals surface area contributed by atoms with Crippen LogP contribution in [0.1, 0.15) is 0 Å². The lowest BCUT2D eigenvalue weighted by Gasteiger charge is -2.10. The summed E-state index contributed by atoms with van der Waals surface area (Å²) in [6.45, 7) is -1.27. The maximum Gasteiger partial charge on any atom is 0.375 e. The Morgan fingerprint density at radius 1 is 1.67 bits per heavy atom. The highest BCUT2D eigenvalue weighted by Gasteiger charge is 2.37. The first-order valence-corrected chi connectivity index (χ1v) is 3.01. The summed E-state index contributed by atoms with van der Waals surface area (Å²) < 4.78 is 24.4. The molecule has 0 aromatic carbocycles. The van der Waals surface area contributed by atoms with Gasteiger partial charge in [0.15, 0.2) is 0 Å². The highest BCUT2D eigenvalue weighted by Crippen LogP contribution is 2.10. The van der Waals surface area contributed by atoms with Crippen molar-refractivity contribution < 1.29 is 18.7 Å². The molecule has 0 aliphatic heterocycles. The number of hydrogen-bond donors (Lipinski definition) is 4. The van der Waals surface area contributed by atoms with Gasteiger partial charge in [0, 0.05) is 0 Å². The van der Waals surface area contributed by atoms with Crippen molar-refractivity contribution in [2.75, 3.05) is 13.1 Å². The van der Waals surface area contributed by atoms with E-state index in [9.17, 15) is 13.6 Å². The molecule has 0 radical (unpaired) electrons. The molecule has 0 spiro atoms. The minimum Gasteiger partial charge on any atom is -0.477 e. The summed E-state index contributed by atoms with van der Waals surface area (Å²) in [5.74, 6) is -6.33. The Kier molecular flexibility index (Phi) is 3.55. The zero-order chi connectivity index (χ0) is 9.78. The zero-order valence-electron chi connectivity index (χ0n) is 6.10. The number of nitrogens with one attached hydrogen (secondary N) is 2. The minimum absolute atomic E-state index is 0.247. The molecule has 0 aliphatic rings. The summed E-state index contributed by atoms with van der Waals surface area (Å²) in [5.41, 5.74) is 4.83. The molecule has 0 aromatic rings. The topological polar surface area (TPSA) is 99.2 Å². The van der Waals surface area contributed by atoms with Gasteiger partial charge in [0.1, 0.15) is 5.84 Å². The van der Waals surface area contributed by atoms with Crippen molar-refractivity contribution in [2.24, 2.45) is 5.73 Å². The zero-order valence-corrected chi connectivity index (χ0v) is 6.10. The van der Waals surface area contributed by atoms with Crippen LogP contribution in [-0.4, -0.2) is 35.9 Å². The molecule has 0 bridgehead atoms. The monoisotopic (exact) mass is 181 g/mol. The number of amidine groups is 1. The van der Waals surface area contributed by atoms with Crippen LogP contribution in [-0.2, 0) is 4.79 Å². The third kappa shape index (κ3) is 3.81. The van der Waals surface area contributed by atoms with Crippen LogP contribution in [0.3, 0.4) is 0 Å². The number of rotatable bonds is 5. The molecule has 5 nitrogen and oxygen atoms in total. The van der Waals surface area contributed by atoms with Crippen LogP contribution in [0.4, 0.5) is 8.78 Å². The summed E-state index contributed by atoms with van der Waals surface area (Å²) >= 11 is 0. The van der Waals surface area contributed by atoms with E-state index in [1.165, 1.54) is 0 Å². The Morgan fingerprint density at radius 3 is 2.50 bits per heavy atom. The fraction of sp³-hybridized carbons (Fsp3) is 0.600. The smallest absolute Gasteiger partial charge is 0.375 e. The summed E-state index contributed by atoms with van der Waals surface area (Å²) in [6, 6.07) is 0. The molecule has 5 N–H and O–H groups in total. The van der Waals surface area contributed by atoms with Crippen LogP contribution in [0.5, 0.6) is 0 Å². The average molecular weight is 181 g/mol. The van der Waals surface area contributed by atoms with Gasteiger partial charge in [-0.15, -0.1) is 0 Å². The molecular weight excluding hydrogens is 172 g/mol. The van der Waals surface area contributed by atoms with Crippen LogP contribution >= 0.6 is 0 Å². The van der Waals surface area contributed by atoms with Crippen LogP contribution in [0, 0.1) is 5.41 Å². The lowest BCUT2D eigenvalue weighted by molar-refractivity contribution is -0.163. The lowest BCUT2D eigenvalue weighted by Crippen LogP contribution is -2.42. The number of carboxylic acids is 1. The highest BCUT2D eigenvalue weighted by molar-refractivity contribution is 5.79. The van der Waals surface area contributed by atoms with Gasteiger partial charge in [-0.05, 0) is 0 Å². The number of aliphatic carboxylic acids is 1. The Labute approximate surface area is 67.1 Å². The molecule has 70 valence electrons. The Hall–Kier alpha value is -1.24. The number of carbonyl (C=O) groups is 1. The number of alkyl halides is 2. The Morgan fingerprint density at radius 2 is 2.17 bits per heavy atom. The maximum atomic E-state index is 12.2. The molecule has 0 saturated heterocycles. The van der Waals surface area contributed by atoms with E-state index in [2.05, 4.69) is 0 Å². The van der Waals surface area contributed by atoms with E-state index in [1.54, 1.807) is 0 Å². The summed E-state index contributed by atoms with van der Waals surface area (Å²) in [4.78, 5) is 9.82. The highest BCUT2D eigenvalue weighted by atomic mass is 19.3. The standard InChI is InChI=1S/C5H9F2N3O2/c6-5(7,4(11)12)2-10-1-3(8)9/h10H,1-2H2,(H3,8,9)(H,11,12). The van der Waals surface area contributed by atoms with Crippen molar-refractivity contribution in [3.8, 4) is 0 Å². The van der Waals surface area contributed by atoms with Gasteiger partial charge in [-0.3, -0.25) is 5.41 Å². The molecule has 0 aromatic heterocycles. The van der Waals surface area contributed by atoms with Crippen molar-refractivity contribution in [2.45, 2.75) is 5.92 Å². The van der Waals surface area contributed by atoms with Gasteiger partial charge < -0.3 is 16.2 Å². The number of nitrogens with two attached hydrogens (primary N) is 1. The molecule has 0 amide bonds. The average Bonchev–Trinajstić information content (AvgIpc) is 1.85. The van der Waals surface area contributed by atoms with Gasteiger partial charge in [0.2, 0.25) is 0 Å². The summed E-state index contributed by atoms with van der Waals surface area (Å²) in [7, 11) is 0. The predicted molar refractivity (Wildman–Crippen MR) is 37.4 cm³/mol. The third-order valence-corrected chi connectivity index (χ3v) is 0.975. The van der Waals surface area contributed by atoms with Gasteiger partial charge in [-0.2, -0.15) is 8.78 Å². The molecule has 12 heavy (non-hydrogen) atoms. The van der Waals surface area contributed by atoms with E-state index < -0.39 is 18.4 Å². The van der Waals surface area contributed by atoms with Crippen LogP contribution in [0.25, 0.3) is 0 Å². The second-order valence-corrected chi connectivity index (χ2v) is 2.14. The van der Waals surface area contributed by atoms with Gasteiger partial charge in [-0.1, -0.05) is 0 Å². The second-order valence-electron chi connectivity index (χ2n) is 2.14. The summed E-state index contributed by atoms with van der Waals surface area (Å²) in [5, 5.41) is 16.6. The van der Waals surface area contributed by atoms with Crippen molar-refractivity contribution in [1.82, 2.24) is 5.32 Å². The number of carboxylic acid groups (broad SMARTS) is 1. The van der Waals surface area contributed by atoms with Gasteiger partial charge in [-0.25, -0.2) is 4.79 Å². The van der Waals surface area contributed by atoms with Crippen LogP contribution < -0.4 is 11.1 Å². The molecule has 0 rings (SSSR count). The molecule has 0 heterocycles. The molecule has 0 unspecified atom stereocenters. The SMILES string of the molecule is N=C(N)CNCC(F)(F)C(=O)O. The fourth-order valence-electron chi connectivity index (χ4n) is 0.430. The quantitative estimate of drug-likeness (QED) is 0.330. The van der Waals surface area contributed by atoms with Crippen molar-refractivity contribution in [3.05, 3.63) is 0 Å². The Balaban J connectivity index is 3.76. The minimum atomic E-state index is -3.81. The first kappa shape index (κ1) is 10.8. The lowest BCUT2D eigenvalue weighted by atomic mass is 10.3. The summed E-state index contributed by atoms with van der Waals surface area (Å²) in [6.07, 6.45) is 0. The van der Waals surface area contributed by atoms with E-state index >= 15 is 0 Å². The molecule has 0 saturated carbocycles. The first-order valence-electron chi connectivity index (χ1n) is 3.01. The van der Waals surface area contributed by atoms with Crippen molar-refractivity contribution in [1.29, 1.82) is 5.41 Å². The Bertz CT molecular complexity index is 195. The van der Waals surface area contributed by atoms with E-state index in [0.717, 1.165) is 0 Å². The second kappa shape index (κ2) is 3.96. The molecular formula is C5H9F2N3O2. The molecule has 7 heteroatoms. The van der Waals surface area contributed by atoms with Crippen molar-refractivity contribution in [3.63, 3.8) is 0 Å². The molecule has 0 atom stereocenters. The molecule has 0 fully saturated rings. The number of hydrogen-bond acceptors (Lipinski definition) is 3. The van der Waals surface area contributed by atoms with Crippen LogP contribution in [0.2, 0.25) is 0 Å². The third-order valence-electron chi connectivity index (χ3n) is 0.975. The van der Waals surface area contributed by atoms with Gasteiger partial charge in [0.05, 0.1) is 13.1 Å². The van der Waals surface area contributed by atoms with E-state index in [-0.39, 0.29) is 12.4 Å². The number of halogens is 2. The van der Waals surface area contributed by atoms with Gasteiger partial charge in [0.25, 0.3) is 0 Å². The maximum absolute atomic E-state index is 12.2. The van der Waals surface area contributed by atoms with E-state index in [4.69, 9.17) is 16.2 Å². The van der Waals surface area contributed by atoms with Crippen molar-refractivity contribution >= 4 is 11.8 Å². The normalized spacial score (nSPS) is 11.2. The van der Waals surface area contributed by atoms with Crippen LogP contribution in [0.15, 0.2) is 0 Å².